The minimum Gasteiger partial charge on any atom is -0.480 e. The third kappa shape index (κ3) is 6.10. The molecule has 2 amide bonds. The third-order valence-corrected chi connectivity index (χ3v) is 6.88. The molecule has 2 aromatic rings. The molecule has 0 bridgehead atoms. The van der Waals surface area contributed by atoms with Gasteiger partial charge in [0.25, 0.3) is 0 Å². The van der Waals surface area contributed by atoms with Gasteiger partial charge in [0, 0.05) is 24.4 Å². The lowest BCUT2D eigenvalue weighted by Crippen LogP contribution is -2.61. The van der Waals surface area contributed by atoms with Gasteiger partial charge in [0.15, 0.2) is 0 Å². The number of nitrogens with zero attached hydrogens (tertiary/aromatic N) is 2. The van der Waals surface area contributed by atoms with E-state index in [0.29, 0.717) is 12.8 Å². The fraction of sp³-hybridized carbons (Fsp3) is 0.458. The molecule has 8 nitrogen and oxygen atoms in total. The van der Waals surface area contributed by atoms with Gasteiger partial charge in [0.05, 0.1) is 5.25 Å². The van der Waals surface area contributed by atoms with Crippen LogP contribution in [0.2, 0.25) is 0 Å². The molecule has 1 aliphatic rings. The Morgan fingerprint density at radius 1 is 1.06 bits per heavy atom. The van der Waals surface area contributed by atoms with Crippen molar-refractivity contribution >= 4 is 30.4 Å². The van der Waals surface area contributed by atoms with Gasteiger partial charge in [-0.3, -0.25) is 9.59 Å². The number of carbonyl (C=O) groups excluding carboxylic acids is 2. The topological polar surface area (TPSA) is 121 Å². The second kappa shape index (κ2) is 10.8. The van der Waals surface area contributed by atoms with Gasteiger partial charge in [0.1, 0.15) is 17.9 Å². The summed E-state index contributed by atoms with van der Waals surface area (Å²) in [6.45, 7) is 3.77. The Balaban J connectivity index is 1.71. The fourth-order valence-electron chi connectivity index (χ4n) is 4.01. The van der Waals surface area contributed by atoms with Crippen molar-refractivity contribution in [2.75, 3.05) is 0 Å². The molecule has 3 rings (SSSR count). The number of carboxylic acids is 1. The van der Waals surface area contributed by atoms with Gasteiger partial charge in [0.2, 0.25) is 11.8 Å². The van der Waals surface area contributed by atoms with Crippen molar-refractivity contribution in [2.45, 2.75) is 62.8 Å². The number of aliphatic carboxylic acids is 1. The van der Waals surface area contributed by atoms with Gasteiger partial charge < -0.3 is 15.7 Å². The summed E-state index contributed by atoms with van der Waals surface area (Å²) in [7, 11) is 0. The van der Waals surface area contributed by atoms with Crippen LogP contribution >= 0.6 is 12.6 Å². The predicted octanol–water partition coefficient (Wildman–Crippen LogP) is 2.64. The van der Waals surface area contributed by atoms with Crippen LogP contribution in [-0.2, 0) is 20.8 Å². The first-order valence-electron chi connectivity index (χ1n) is 11.1. The molecule has 3 N–H and O–H groups in total. The summed E-state index contributed by atoms with van der Waals surface area (Å²) in [4.78, 5) is 45.8. The molecule has 0 radical (unpaired) electrons. The molecule has 9 heteroatoms. The van der Waals surface area contributed by atoms with Crippen LogP contribution in [0.3, 0.4) is 0 Å². The molecule has 1 saturated carbocycles. The van der Waals surface area contributed by atoms with E-state index in [2.05, 4.69) is 33.2 Å². The maximum atomic E-state index is 13.2. The van der Waals surface area contributed by atoms with Crippen LogP contribution < -0.4 is 10.6 Å². The summed E-state index contributed by atoms with van der Waals surface area (Å²) < 4.78 is 0. The summed E-state index contributed by atoms with van der Waals surface area (Å²) in [6.07, 6.45) is 7.50. The Morgan fingerprint density at radius 2 is 1.67 bits per heavy atom. The minimum atomic E-state index is -1.13. The highest BCUT2D eigenvalue weighted by molar-refractivity contribution is 7.81. The molecule has 0 spiro atoms. The Labute approximate surface area is 199 Å². The average molecular weight is 471 g/mol. The number of thiol groups is 1. The lowest BCUT2D eigenvalue weighted by atomic mass is 9.94. The van der Waals surface area contributed by atoms with Crippen molar-refractivity contribution in [2.24, 2.45) is 5.92 Å². The number of nitrogens with one attached hydrogen (secondary N) is 2. The number of hydrogen-bond acceptors (Lipinski definition) is 6. The van der Waals surface area contributed by atoms with E-state index in [4.69, 9.17) is 0 Å². The monoisotopic (exact) mass is 470 g/mol. The third-order valence-electron chi connectivity index (χ3n) is 6.05. The van der Waals surface area contributed by atoms with Crippen LogP contribution in [0, 0.1) is 5.92 Å². The van der Waals surface area contributed by atoms with E-state index in [-0.39, 0.29) is 18.2 Å². The molecule has 33 heavy (non-hydrogen) atoms. The van der Waals surface area contributed by atoms with Crippen LogP contribution in [0.1, 0.15) is 45.1 Å². The van der Waals surface area contributed by atoms with Crippen molar-refractivity contribution in [1.82, 2.24) is 20.6 Å². The summed E-state index contributed by atoms with van der Waals surface area (Å²) in [5, 5.41) is 14.8. The molecule has 1 aromatic carbocycles. The SMILES string of the molecule is CC(C)[C@H](S)C(=O)NC1(C(=O)N[C@H](Cc2ccc(-c3cncnc3)cc2)C(=O)O)CCCC1. The zero-order chi connectivity index (χ0) is 24.0. The number of aromatic nitrogens is 2. The predicted molar refractivity (Wildman–Crippen MR) is 128 cm³/mol. The number of amides is 2. The molecular formula is C24H30N4O4S. The van der Waals surface area contributed by atoms with Crippen molar-refractivity contribution in [1.29, 1.82) is 0 Å². The van der Waals surface area contributed by atoms with Gasteiger partial charge in [-0.15, -0.1) is 0 Å². The summed E-state index contributed by atoms with van der Waals surface area (Å²) in [5.41, 5.74) is 1.44. The molecule has 176 valence electrons. The van der Waals surface area contributed by atoms with Crippen LogP contribution in [0.25, 0.3) is 11.1 Å². The number of carboxylic acid groups (broad SMARTS) is 1. The van der Waals surface area contributed by atoms with Gasteiger partial charge in [-0.05, 0) is 29.9 Å². The van der Waals surface area contributed by atoms with Crippen molar-refractivity contribution in [3.8, 4) is 11.1 Å². The minimum absolute atomic E-state index is 0.00651. The number of carbonyl (C=O) groups is 3. The molecule has 1 fully saturated rings. The second-order valence-corrected chi connectivity index (χ2v) is 9.42. The molecule has 1 aliphatic carbocycles. The Kier molecular flexibility index (Phi) is 8.07. The van der Waals surface area contributed by atoms with E-state index >= 15 is 0 Å². The van der Waals surface area contributed by atoms with Gasteiger partial charge in [-0.1, -0.05) is 51.0 Å². The normalized spacial score (nSPS) is 16.7. The van der Waals surface area contributed by atoms with E-state index in [1.807, 2.05) is 38.1 Å². The van der Waals surface area contributed by atoms with Crippen molar-refractivity contribution in [3.05, 3.63) is 48.5 Å². The largest absolute Gasteiger partial charge is 0.480 e. The van der Waals surface area contributed by atoms with Crippen LogP contribution in [0.4, 0.5) is 0 Å². The van der Waals surface area contributed by atoms with Gasteiger partial charge in [-0.2, -0.15) is 12.6 Å². The molecule has 1 heterocycles. The Morgan fingerprint density at radius 3 is 2.21 bits per heavy atom. The standard InChI is InChI=1S/C24H30N4O4S/c1-15(2)20(33)21(29)28-24(9-3-4-10-24)23(32)27-19(22(30)31)11-16-5-7-17(8-6-16)18-12-25-14-26-13-18/h5-8,12-15,19-20,33H,3-4,9-11H2,1-2H3,(H,27,32)(H,28,29)(H,30,31)/t19-,20+/m1/s1. The number of benzene rings is 1. The smallest absolute Gasteiger partial charge is 0.326 e. The first-order valence-corrected chi connectivity index (χ1v) is 11.6. The molecule has 2 atom stereocenters. The highest BCUT2D eigenvalue weighted by Crippen LogP contribution is 2.31. The first kappa shape index (κ1) is 24.7. The van der Waals surface area contributed by atoms with E-state index in [1.54, 1.807) is 12.4 Å². The quantitative estimate of drug-likeness (QED) is 0.418. The molecule has 0 unspecified atom stereocenters. The number of rotatable bonds is 9. The van der Waals surface area contributed by atoms with Crippen LogP contribution in [0.5, 0.6) is 0 Å². The lowest BCUT2D eigenvalue weighted by molar-refractivity contribution is -0.143. The fourth-order valence-corrected chi connectivity index (χ4v) is 4.08. The Hall–Kier alpha value is -2.94. The molecular weight excluding hydrogens is 440 g/mol. The second-order valence-electron chi connectivity index (χ2n) is 8.86. The van der Waals surface area contributed by atoms with Gasteiger partial charge in [-0.25, -0.2) is 14.8 Å². The zero-order valence-electron chi connectivity index (χ0n) is 18.8. The van der Waals surface area contributed by atoms with E-state index in [1.165, 1.54) is 6.33 Å². The average Bonchev–Trinajstić information content (AvgIpc) is 3.28. The van der Waals surface area contributed by atoms with E-state index < -0.39 is 28.7 Å². The number of hydrogen-bond donors (Lipinski definition) is 4. The summed E-state index contributed by atoms with van der Waals surface area (Å²) >= 11 is 4.36. The maximum Gasteiger partial charge on any atom is 0.326 e. The zero-order valence-corrected chi connectivity index (χ0v) is 19.7. The lowest BCUT2D eigenvalue weighted by Gasteiger charge is -2.32. The van der Waals surface area contributed by atoms with Crippen LogP contribution in [-0.4, -0.2) is 49.7 Å². The van der Waals surface area contributed by atoms with E-state index in [9.17, 15) is 19.5 Å². The van der Waals surface area contributed by atoms with Crippen LogP contribution in [0.15, 0.2) is 43.0 Å². The highest BCUT2D eigenvalue weighted by Gasteiger charge is 2.44. The molecule has 0 saturated heterocycles. The van der Waals surface area contributed by atoms with E-state index in [0.717, 1.165) is 29.5 Å². The summed E-state index contributed by atoms with van der Waals surface area (Å²) in [6, 6.07) is 6.27. The Bertz CT molecular complexity index is 976. The molecule has 0 aliphatic heterocycles. The van der Waals surface area contributed by atoms with Crippen molar-refractivity contribution in [3.63, 3.8) is 0 Å². The molecule has 1 aromatic heterocycles. The summed E-state index contributed by atoms with van der Waals surface area (Å²) in [5.74, 6) is -1.88. The van der Waals surface area contributed by atoms with Crippen molar-refractivity contribution < 1.29 is 19.5 Å². The van der Waals surface area contributed by atoms with Gasteiger partial charge >= 0.3 is 5.97 Å². The first-order chi connectivity index (χ1) is 15.7. The highest BCUT2D eigenvalue weighted by atomic mass is 32.1. The maximum absolute atomic E-state index is 13.2.